The quantitative estimate of drug-likeness (QED) is 0.604. The molecule has 1 aromatic carbocycles. The van der Waals surface area contributed by atoms with E-state index < -0.39 is 18.3 Å². The fourth-order valence-electron chi connectivity index (χ4n) is 1.42. The molecule has 15 heavy (non-hydrogen) atoms. The molecule has 0 N–H and O–H groups in total. The van der Waals surface area contributed by atoms with Crippen molar-refractivity contribution in [2.75, 3.05) is 0 Å². The first-order chi connectivity index (χ1) is 6.97. The Hall–Kier alpha value is -1.52. The van der Waals surface area contributed by atoms with Crippen LogP contribution in [0.2, 0.25) is 0 Å². The third-order valence-electron chi connectivity index (χ3n) is 2.00. The third-order valence-corrected chi connectivity index (χ3v) is 2.00. The number of benzene rings is 1. The zero-order valence-corrected chi connectivity index (χ0v) is 7.38. The van der Waals surface area contributed by atoms with Gasteiger partial charge in [0, 0.05) is 11.1 Å². The Kier molecular flexibility index (Phi) is 2.17. The highest BCUT2D eigenvalue weighted by atomic mass is 19.4. The second-order valence-corrected chi connectivity index (χ2v) is 3.07. The molecule has 2 rings (SSSR count). The summed E-state index contributed by atoms with van der Waals surface area (Å²) in [7, 11) is 0. The van der Waals surface area contributed by atoms with Crippen LogP contribution >= 0.6 is 0 Å². The maximum atomic E-state index is 13.1. The van der Waals surface area contributed by atoms with Crippen molar-refractivity contribution < 1.29 is 22.3 Å². The Morgan fingerprint density at radius 1 is 1.20 bits per heavy atom. The fraction of sp³-hybridized carbons (Fsp3) is 0.200. The van der Waals surface area contributed by atoms with Crippen molar-refractivity contribution in [2.24, 2.45) is 0 Å². The Morgan fingerprint density at radius 2 is 1.87 bits per heavy atom. The van der Waals surface area contributed by atoms with Gasteiger partial charge in [0.15, 0.2) is 0 Å². The molecule has 1 heterocycles. The zero-order valence-electron chi connectivity index (χ0n) is 7.38. The summed E-state index contributed by atoms with van der Waals surface area (Å²) >= 11 is 0. The Balaban J connectivity index is 2.45. The Labute approximate surface area is 83.0 Å². The molecule has 1 aliphatic heterocycles. The topological polar surface area (TPSA) is 9.23 Å². The molecule has 1 aromatic rings. The molecular weight excluding hydrogens is 212 g/mol. The SMILES string of the molecule is FC1O/C(=C\C(F)(F)F)c2ccccc21. The van der Waals surface area contributed by atoms with Crippen molar-refractivity contribution in [1.82, 2.24) is 0 Å². The van der Waals surface area contributed by atoms with Crippen LogP contribution in [0.5, 0.6) is 0 Å². The van der Waals surface area contributed by atoms with Crippen molar-refractivity contribution >= 4 is 5.76 Å². The van der Waals surface area contributed by atoms with Gasteiger partial charge >= 0.3 is 6.18 Å². The molecule has 80 valence electrons. The summed E-state index contributed by atoms with van der Waals surface area (Å²) in [5, 5.41) is 0. The molecule has 0 spiro atoms. The normalized spacial score (nSPS) is 22.7. The van der Waals surface area contributed by atoms with Crippen molar-refractivity contribution in [3.63, 3.8) is 0 Å². The minimum atomic E-state index is -4.51. The molecule has 0 fully saturated rings. The number of hydrogen-bond donors (Lipinski definition) is 0. The lowest BCUT2D eigenvalue weighted by molar-refractivity contribution is -0.0814. The van der Waals surface area contributed by atoms with E-state index in [1.165, 1.54) is 18.2 Å². The molecule has 0 saturated heterocycles. The van der Waals surface area contributed by atoms with E-state index in [9.17, 15) is 17.6 Å². The van der Waals surface area contributed by atoms with E-state index in [0.717, 1.165) is 0 Å². The van der Waals surface area contributed by atoms with Crippen LogP contribution < -0.4 is 0 Å². The van der Waals surface area contributed by atoms with Gasteiger partial charge in [-0.2, -0.15) is 17.6 Å². The third kappa shape index (κ3) is 1.95. The Bertz CT molecular complexity index is 408. The minimum absolute atomic E-state index is 0.0363. The van der Waals surface area contributed by atoms with Crippen molar-refractivity contribution in [1.29, 1.82) is 0 Å². The highest BCUT2D eigenvalue weighted by Gasteiger charge is 2.33. The van der Waals surface area contributed by atoms with Gasteiger partial charge in [-0.25, -0.2) is 0 Å². The van der Waals surface area contributed by atoms with Crippen LogP contribution in [0.4, 0.5) is 17.6 Å². The van der Waals surface area contributed by atoms with Crippen LogP contribution in [0.15, 0.2) is 30.3 Å². The number of allylic oxidation sites excluding steroid dienone is 1. The first kappa shape index (κ1) is 10.0. The van der Waals surface area contributed by atoms with Gasteiger partial charge in [0.05, 0.1) is 6.08 Å². The van der Waals surface area contributed by atoms with Crippen molar-refractivity contribution in [2.45, 2.75) is 12.5 Å². The van der Waals surface area contributed by atoms with E-state index in [2.05, 4.69) is 4.74 Å². The molecule has 1 aliphatic rings. The maximum Gasteiger partial charge on any atom is 0.413 e. The van der Waals surface area contributed by atoms with E-state index >= 15 is 0 Å². The molecule has 0 aromatic heterocycles. The van der Waals surface area contributed by atoms with Crippen molar-refractivity contribution in [3.05, 3.63) is 41.5 Å². The van der Waals surface area contributed by atoms with E-state index in [0.29, 0.717) is 0 Å². The largest absolute Gasteiger partial charge is 0.455 e. The molecule has 0 amide bonds. The van der Waals surface area contributed by atoms with Gasteiger partial charge < -0.3 is 4.74 Å². The molecule has 0 bridgehead atoms. The molecule has 5 heteroatoms. The molecule has 1 nitrogen and oxygen atoms in total. The first-order valence-electron chi connectivity index (χ1n) is 4.17. The van der Waals surface area contributed by atoms with Gasteiger partial charge in [0.2, 0.25) is 0 Å². The molecular formula is C10H6F4O. The number of halogens is 4. The lowest BCUT2D eigenvalue weighted by Crippen LogP contribution is -2.02. The van der Waals surface area contributed by atoms with E-state index in [-0.39, 0.29) is 17.2 Å². The lowest BCUT2D eigenvalue weighted by atomic mass is 10.1. The van der Waals surface area contributed by atoms with Crippen LogP contribution in [-0.2, 0) is 4.74 Å². The molecule has 0 saturated carbocycles. The molecule has 1 unspecified atom stereocenters. The van der Waals surface area contributed by atoms with E-state index in [1.807, 2.05) is 0 Å². The monoisotopic (exact) mass is 218 g/mol. The standard InChI is InChI=1S/C10H6F4O/c11-9-7-4-2-1-3-6(7)8(15-9)5-10(12,13)14/h1-5,9H/b8-5-. The number of ether oxygens (including phenoxy) is 1. The second kappa shape index (κ2) is 3.25. The van der Waals surface area contributed by atoms with Gasteiger partial charge in [0.1, 0.15) is 5.76 Å². The predicted octanol–water partition coefficient (Wildman–Crippen LogP) is 3.59. The smallest absolute Gasteiger partial charge is 0.413 e. The summed E-state index contributed by atoms with van der Waals surface area (Å²) in [6.45, 7) is 0. The summed E-state index contributed by atoms with van der Waals surface area (Å²) in [6.07, 6.45) is -6.35. The van der Waals surface area contributed by atoms with Gasteiger partial charge in [-0.3, -0.25) is 0 Å². The summed E-state index contributed by atoms with van der Waals surface area (Å²) in [6, 6.07) is 5.87. The average molecular weight is 218 g/mol. The average Bonchev–Trinajstić information content (AvgIpc) is 2.42. The van der Waals surface area contributed by atoms with Gasteiger partial charge in [-0.15, -0.1) is 0 Å². The van der Waals surface area contributed by atoms with Gasteiger partial charge in [-0.1, -0.05) is 24.3 Å². The summed E-state index contributed by atoms with van der Waals surface area (Å²) in [5.74, 6) is -0.467. The number of rotatable bonds is 0. The zero-order chi connectivity index (χ0) is 11.1. The minimum Gasteiger partial charge on any atom is -0.455 e. The van der Waals surface area contributed by atoms with Crippen LogP contribution in [-0.4, -0.2) is 6.18 Å². The highest BCUT2D eigenvalue weighted by Crippen LogP contribution is 2.40. The fourth-order valence-corrected chi connectivity index (χ4v) is 1.42. The second-order valence-electron chi connectivity index (χ2n) is 3.07. The van der Waals surface area contributed by atoms with Crippen LogP contribution in [0.1, 0.15) is 17.5 Å². The number of alkyl halides is 4. The lowest BCUT2D eigenvalue weighted by Gasteiger charge is -2.03. The van der Waals surface area contributed by atoms with Crippen molar-refractivity contribution in [3.8, 4) is 0 Å². The predicted molar refractivity (Wildman–Crippen MR) is 45.4 cm³/mol. The van der Waals surface area contributed by atoms with Gasteiger partial charge in [0.25, 0.3) is 6.36 Å². The van der Waals surface area contributed by atoms with Crippen LogP contribution in [0.3, 0.4) is 0 Å². The molecule has 1 atom stereocenters. The Morgan fingerprint density at radius 3 is 2.53 bits per heavy atom. The van der Waals surface area contributed by atoms with Crippen LogP contribution in [0, 0.1) is 0 Å². The van der Waals surface area contributed by atoms with Gasteiger partial charge in [-0.05, 0) is 0 Å². The maximum absolute atomic E-state index is 13.1. The first-order valence-corrected chi connectivity index (χ1v) is 4.17. The van der Waals surface area contributed by atoms with Crippen LogP contribution in [0.25, 0.3) is 5.76 Å². The summed E-state index contributed by atoms with van der Waals surface area (Å²) in [5.41, 5.74) is 0.287. The summed E-state index contributed by atoms with van der Waals surface area (Å²) in [4.78, 5) is 0. The number of fused-ring (bicyclic) bond motifs is 1. The highest BCUT2D eigenvalue weighted by molar-refractivity contribution is 5.67. The molecule has 0 aliphatic carbocycles. The molecule has 0 radical (unpaired) electrons. The summed E-state index contributed by atoms with van der Waals surface area (Å²) < 4.78 is 53.7. The van der Waals surface area contributed by atoms with E-state index in [4.69, 9.17) is 0 Å². The number of hydrogen-bond acceptors (Lipinski definition) is 1. The van der Waals surface area contributed by atoms with E-state index in [1.54, 1.807) is 6.07 Å².